The number of hydrogen-bond donors (Lipinski definition) is 0. The lowest BCUT2D eigenvalue weighted by molar-refractivity contribution is 0.0448. The fraction of sp³-hybridized carbons (Fsp3) is 0.368. The summed E-state index contributed by atoms with van der Waals surface area (Å²) >= 11 is 0. The Hall–Kier alpha value is -2.56. The monoisotopic (exact) mass is 326 g/mol. The summed E-state index contributed by atoms with van der Waals surface area (Å²) < 4.78 is 11.4. The Balaban J connectivity index is 2.04. The number of fused-ring (bicyclic) bond motifs is 1. The number of aromatic nitrogens is 1. The van der Waals surface area contributed by atoms with Crippen LogP contribution in [0.3, 0.4) is 0 Å². The van der Waals surface area contributed by atoms with Gasteiger partial charge in [0.05, 0.1) is 6.61 Å². The van der Waals surface area contributed by atoms with Crippen LogP contribution in [0.15, 0.2) is 36.5 Å². The maximum Gasteiger partial charge on any atom is 0.358 e. The summed E-state index contributed by atoms with van der Waals surface area (Å²) in [6.45, 7) is 8.59. The van der Waals surface area contributed by atoms with Gasteiger partial charge in [-0.15, -0.1) is 0 Å². The van der Waals surface area contributed by atoms with Crippen molar-refractivity contribution in [2.45, 2.75) is 26.9 Å². The second kappa shape index (κ2) is 6.91. The van der Waals surface area contributed by atoms with Gasteiger partial charge in [0.1, 0.15) is 5.75 Å². The Morgan fingerprint density at radius 2 is 1.96 bits per heavy atom. The smallest absolute Gasteiger partial charge is 0.358 e. The molecule has 1 aliphatic rings. The van der Waals surface area contributed by atoms with Crippen molar-refractivity contribution in [1.29, 1.82) is 0 Å². The molecular weight excluding hydrogens is 304 g/mol. The number of anilines is 1. The van der Waals surface area contributed by atoms with Crippen molar-refractivity contribution in [3.63, 3.8) is 0 Å². The fourth-order valence-corrected chi connectivity index (χ4v) is 3.06. The molecule has 0 spiro atoms. The molecule has 0 bridgehead atoms. The predicted octanol–water partition coefficient (Wildman–Crippen LogP) is 3.59. The molecule has 0 N–H and O–H groups in total. The second-order valence-electron chi connectivity index (χ2n) is 5.55. The van der Waals surface area contributed by atoms with E-state index in [4.69, 9.17) is 9.47 Å². The number of ether oxygens (including phenoxy) is 2. The van der Waals surface area contributed by atoms with Gasteiger partial charge in [0, 0.05) is 42.2 Å². The molecule has 24 heavy (non-hydrogen) atoms. The zero-order chi connectivity index (χ0) is 17.1. The lowest BCUT2D eigenvalue weighted by Crippen LogP contribution is -2.22. The lowest BCUT2D eigenvalue weighted by atomic mass is 10.0. The molecule has 2 aromatic rings. The molecule has 0 saturated heterocycles. The number of carbonyl (C=O) groups is 1. The minimum Gasteiger partial charge on any atom is -0.493 e. The van der Waals surface area contributed by atoms with Crippen LogP contribution in [0.25, 0.3) is 0 Å². The van der Waals surface area contributed by atoms with E-state index in [1.165, 1.54) is 0 Å². The molecule has 1 aromatic carbocycles. The van der Waals surface area contributed by atoms with Crippen molar-refractivity contribution >= 4 is 11.7 Å². The molecular formula is C19H22N2O3. The van der Waals surface area contributed by atoms with Crippen LogP contribution in [0.5, 0.6) is 5.75 Å². The molecule has 1 atom stereocenters. The van der Waals surface area contributed by atoms with Crippen molar-refractivity contribution in [2.75, 3.05) is 24.6 Å². The van der Waals surface area contributed by atoms with Crippen LogP contribution >= 0.6 is 0 Å². The lowest BCUT2D eigenvalue weighted by Gasteiger charge is -2.23. The highest BCUT2D eigenvalue weighted by atomic mass is 16.6. The number of hydrogen-bond acceptors (Lipinski definition) is 5. The van der Waals surface area contributed by atoms with Crippen molar-refractivity contribution in [3.8, 4) is 5.75 Å². The first-order valence-electron chi connectivity index (χ1n) is 8.37. The van der Waals surface area contributed by atoms with Crippen LogP contribution in [0.4, 0.5) is 5.69 Å². The van der Waals surface area contributed by atoms with E-state index < -0.39 is 6.10 Å². The van der Waals surface area contributed by atoms with Crippen LogP contribution in [-0.2, 0) is 4.74 Å². The summed E-state index contributed by atoms with van der Waals surface area (Å²) in [5.74, 6) is 0.363. The van der Waals surface area contributed by atoms with Gasteiger partial charge in [-0.2, -0.15) is 0 Å². The molecule has 0 saturated carbocycles. The summed E-state index contributed by atoms with van der Waals surface area (Å²) in [6.07, 6.45) is 1.14. The Bertz CT molecular complexity index is 741. The summed E-state index contributed by atoms with van der Waals surface area (Å²) in [7, 11) is 0. The highest BCUT2D eigenvalue weighted by Gasteiger charge is 2.35. The number of cyclic esters (lactones) is 1. The minimum atomic E-state index is -0.464. The zero-order valence-electron chi connectivity index (χ0n) is 14.3. The molecule has 0 radical (unpaired) electrons. The summed E-state index contributed by atoms with van der Waals surface area (Å²) in [5, 5.41) is 0. The van der Waals surface area contributed by atoms with Gasteiger partial charge in [0.2, 0.25) is 0 Å². The highest BCUT2D eigenvalue weighted by Crippen LogP contribution is 2.40. The highest BCUT2D eigenvalue weighted by molar-refractivity contribution is 5.92. The van der Waals surface area contributed by atoms with E-state index >= 15 is 0 Å². The molecule has 3 rings (SSSR count). The fourth-order valence-electron chi connectivity index (χ4n) is 3.06. The summed E-state index contributed by atoms with van der Waals surface area (Å²) in [4.78, 5) is 18.4. The molecule has 0 fully saturated rings. The number of esters is 1. The first-order chi connectivity index (χ1) is 11.7. The zero-order valence-corrected chi connectivity index (χ0v) is 14.3. The molecule has 5 heteroatoms. The summed E-state index contributed by atoms with van der Waals surface area (Å²) in [5.41, 5.74) is 3.13. The largest absolute Gasteiger partial charge is 0.493 e. The van der Waals surface area contributed by atoms with Gasteiger partial charge < -0.3 is 14.4 Å². The van der Waals surface area contributed by atoms with Gasteiger partial charge in [-0.1, -0.05) is 6.07 Å². The van der Waals surface area contributed by atoms with Gasteiger partial charge in [-0.25, -0.2) is 9.78 Å². The average Bonchev–Trinajstić information content (AvgIpc) is 2.94. The first-order valence-corrected chi connectivity index (χ1v) is 8.37. The Morgan fingerprint density at radius 3 is 2.67 bits per heavy atom. The van der Waals surface area contributed by atoms with Gasteiger partial charge >= 0.3 is 5.97 Å². The Labute approximate surface area is 142 Å². The average molecular weight is 326 g/mol. The van der Waals surface area contributed by atoms with Gasteiger partial charge in [-0.3, -0.25) is 0 Å². The van der Waals surface area contributed by atoms with Gasteiger partial charge in [-0.05, 0) is 39.0 Å². The van der Waals surface area contributed by atoms with E-state index in [1.54, 1.807) is 6.20 Å². The van der Waals surface area contributed by atoms with Crippen molar-refractivity contribution in [2.24, 2.45) is 0 Å². The molecule has 2 heterocycles. The normalized spacial score (nSPS) is 15.8. The van der Waals surface area contributed by atoms with Crippen molar-refractivity contribution < 1.29 is 14.3 Å². The van der Waals surface area contributed by atoms with Crippen LogP contribution in [0.1, 0.15) is 48.5 Å². The number of rotatable bonds is 6. The number of nitrogens with zero attached hydrogens (tertiary/aromatic N) is 2. The first kappa shape index (κ1) is 16.3. The van der Waals surface area contributed by atoms with E-state index in [2.05, 4.69) is 23.7 Å². The summed E-state index contributed by atoms with van der Waals surface area (Å²) in [6, 6.07) is 9.75. The maximum absolute atomic E-state index is 12.1. The number of carbonyl (C=O) groups excluding carboxylic acids is 1. The maximum atomic E-state index is 12.1. The number of pyridine rings is 1. The molecule has 0 amide bonds. The van der Waals surface area contributed by atoms with Crippen LogP contribution in [-0.4, -0.2) is 30.6 Å². The van der Waals surface area contributed by atoms with E-state index in [0.29, 0.717) is 12.3 Å². The van der Waals surface area contributed by atoms with Crippen LogP contribution < -0.4 is 9.64 Å². The van der Waals surface area contributed by atoms with Crippen molar-refractivity contribution in [3.05, 3.63) is 53.3 Å². The Kier molecular flexibility index (Phi) is 4.69. The van der Waals surface area contributed by atoms with Gasteiger partial charge in [0.25, 0.3) is 0 Å². The third kappa shape index (κ3) is 2.82. The standard InChI is InChI=1S/C19H22N2O3/c1-4-21(5-2)13-9-10-14(16(12-13)23-6-3)18-15-8-7-11-20-17(15)19(22)24-18/h7-12,18H,4-6H2,1-3H3. The minimum absolute atomic E-state index is 0.383. The Morgan fingerprint density at radius 1 is 1.17 bits per heavy atom. The SMILES string of the molecule is CCOc1cc(N(CC)CC)ccc1C1OC(=O)c2ncccc21. The molecule has 1 aromatic heterocycles. The topological polar surface area (TPSA) is 51.7 Å². The molecule has 1 aliphatic heterocycles. The second-order valence-corrected chi connectivity index (χ2v) is 5.55. The van der Waals surface area contributed by atoms with E-state index in [-0.39, 0.29) is 5.97 Å². The van der Waals surface area contributed by atoms with E-state index in [9.17, 15) is 4.79 Å². The molecule has 0 aliphatic carbocycles. The quantitative estimate of drug-likeness (QED) is 0.759. The van der Waals surface area contributed by atoms with E-state index in [1.807, 2.05) is 37.3 Å². The third-order valence-corrected chi connectivity index (χ3v) is 4.25. The van der Waals surface area contributed by atoms with E-state index in [0.717, 1.165) is 35.7 Å². The van der Waals surface area contributed by atoms with Crippen LogP contribution in [0.2, 0.25) is 0 Å². The van der Waals surface area contributed by atoms with Crippen molar-refractivity contribution in [1.82, 2.24) is 4.98 Å². The van der Waals surface area contributed by atoms with Gasteiger partial charge in [0.15, 0.2) is 11.8 Å². The molecule has 126 valence electrons. The van der Waals surface area contributed by atoms with Crippen LogP contribution in [0, 0.1) is 0 Å². The molecule has 5 nitrogen and oxygen atoms in total. The molecule has 1 unspecified atom stereocenters. The number of benzene rings is 1. The predicted molar refractivity (Wildman–Crippen MR) is 92.7 cm³/mol. The third-order valence-electron chi connectivity index (χ3n) is 4.25.